The first-order chi connectivity index (χ1) is 10.5. The fourth-order valence-corrected chi connectivity index (χ4v) is 2.72. The van der Waals surface area contributed by atoms with Crippen molar-refractivity contribution in [2.75, 3.05) is 40.3 Å². The molecule has 1 aromatic rings. The number of carbonyl (C=O) groups is 2. The van der Waals surface area contributed by atoms with Gasteiger partial charge in [-0.3, -0.25) is 14.3 Å². The quantitative estimate of drug-likeness (QED) is 0.853. The van der Waals surface area contributed by atoms with Crippen molar-refractivity contribution in [3.63, 3.8) is 0 Å². The number of hydrogen-bond acceptors (Lipinski definition) is 4. The number of carbonyl (C=O) groups excluding carboxylic acids is 2. The maximum Gasteiger partial charge on any atom is 0.274 e. The number of aryl methyl sites for hydroxylation is 1. The smallest absolute Gasteiger partial charge is 0.274 e. The molecule has 7 heteroatoms. The van der Waals surface area contributed by atoms with Gasteiger partial charge in [-0.1, -0.05) is 6.92 Å². The summed E-state index contributed by atoms with van der Waals surface area (Å²) in [6, 6.07) is 1.75. The van der Waals surface area contributed by atoms with Gasteiger partial charge in [0.2, 0.25) is 5.91 Å². The Morgan fingerprint density at radius 1 is 1.36 bits per heavy atom. The molecule has 0 aromatic carbocycles. The van der Waals surface area contributed by atoms with E-state index in [4.69, 9.17) is 0 Å². The first kappa shape index (κ1) is 16.5. The summed E-state index contributed by atoms with van der Waals surface area (Å²) < 4.78 is 1.79. The van der Waals surface area contributed by atoms with Gasteiger partial charge in [-0.05, 0) is 19.5 Å². The fourth-order valence-electron chi connectivity index (χ4n) is 2.72. The Morgan fingerprint density at radius 2 is 2.14 bits per heavy atom. The molecule has 1 N–H and O–H groups in total. The van der Waals surface area contributed by atoms with E-state index in [1.807, 2.05) is 13.2 Å². The Hall–Kier alpha value is -1.89. The fraction of sp³-hybridized carbons (Fsp3) is 0.667. The Kier molecular flexibility index (Phi) is 5.54. The van der Waals surface area contributed by atoms with E-state index in [1.54, 1.807) is 22.7 Å². The summed E-state index contributed by atoms with van der Waals surface area (Å²) in [4.78, 5) is 28.4. The summed E-state index contributed by atoms with van der Waals surface area (Å²) in [6.45, 7) is 5.34. The molecule has 122 valence electrons. The van der Waals surface area contributed by atoms with Gasteiger partial charge in [-0.15, -0.1) is 0 Å². The van der Waals surface area contributed by atoms with Gasteiger partial charge < -0.3 is 15.1 Å². The molecule has 7 nitrogen and oxygen atoms in total. The van der Waals surface area contributed by atoms with Crippen molar-refractivity contribution in [1.29, 1.82) is 0 Å². The molecule has 2 amide bonds. The maximum atomic E-state index is 12.6. The summed E-state index contributed by atoms with van der Waals surface area (Å²) in [6.07, 6.45) is 2.81. The lowest BCUT2D eigenvalue weighted by Crippen LogP contribution is -2.41. The van der Waals surface area contributed by atoms with Crippen LogP contribution in [0.15, 0.2) is 12.3 Å². The Morgan fingerprint density at radius 3 is 2.82 bits per heavy atom. The monoisotopic (exact) mass is 307 g/mol. The second-order valence-electron chi connectivity index (χ2n) is 5.79. The SMILES string of the molecule is CCCn1ccc(C(=O)N2CCN(C)C[C@H](C(=O)NC)C2)n1. The molecule has 0 radical (unpaired) electrons. The maximum absolute atomic E-state index is 12.6. The van der Waals surface area contributed by atoms with E-state index in [0.717, 1.165) is 19.5 Å². The zero-order valence-electron chi connectivity index (χ0n) is 13.6. The van der Waals surface area contributed by atoms with Crippen LogP contribution in [0.5, 0.6) is 0 Å². The highest BCUT2D eigenvalue weighted by atomic mass is 16.2. The number of amides is 2. The topological polar surface area (TPSA) is 70.5 Å². The minimum Gasteiger partial charge on any atom is -0.359 e. The third-order valence-electron chi connectivity index (χ3n) is 3.94. The van der Waals surface area contributed by atoms with Crippen LogP contribution in [0.1, 0.15) is 23.8 Å². The van der Waals surface area contributed by atoms with Gasteiger partial charge in [-0.2, -0.15) is 5.10 Å². The Labute approximate surface area is 131 Å². The molecule has 0 unspecified atom stereocenters. The van der Waals surface area contributed by atoms with E-state index < -0.39 is 0 Å². The number of nitrogens with one attached hydrogen (secondary N) is 1. The normalized spacial score (nSPS) is 19.8. The molecule has 0 aliphatic carbocycles. The summed E-state index contributed by atoms with van der Waals surface area (Å²) in [5.74, 6) is -0.332. The van der Waals surface area contributed by atoms with Crippen LogP contribution in [0, 0.1) is 5.92 Å². The molecule has 0 saturated carbocycles. The molecule has 2 heterocycles. The Bertz CT molecular complexity index is 528. The molecular formula is C15H25N5O2. The average Bonchev–Trinajstić information content (AvgIpc) is 2.88. The van der Waals surface area contributed by atoms with Gasteiger partial charge in [0.25, 0.3) is 5.91 Å². The van der Waals surface area contributed by atoms with Gasteiger partial charge in [0, 0.05) is 46.0 Å². The highest BCUT2D eigenvalue weighted by Crippen LogP contribution is 2.12. The van der Waals surface area contributed by atoms with Gasteiger partial charge >= 0.3 is 0 Å². The van der Waals surface area contributed by atoms with Crippen LogP contribution in [0.25, 0.3) is 0 Å². The first-order valence-electron chi connectivity index (χ1n) is 7.78. The number of aromatic nitrogens is 2. The molecular weight excluding hydrogens is 282 g/mol. The molecule has 1 atom stereocenters. The van der Waals surface area contributed by atoms with Crippen molar-refractivity contribution < 1.29 is 9.59 Å². The van der Waals surface area contributed by atoms with Crippen molar-refractivity contribution in [1.82, 2.24) is 24.9 Å². The van der Waals surface area contributed by atoms with Crippen molar-refractivity contribution in [2.24, 2.45) is 5.92 Å². The number of hydrogen-bond donors (Lipinski definition) is 1. The van der Waals surface area contributed by atoms with Crippen molar-refractivity contribution >= 4 is 11.8 Å². The van der Waals surface area contributed by atoms with Gasteiger partial charge in [-0.25, -0.2) is 0 Å². The molecule has 2 rings (SSSR count). The highest BCUT2D eigenvalue weighted by Gasteiger charge is 2.29. The standard InChI is InChI=1S/C15H25N5O2/c1-4-6-20-7-5-13(17-20)15(22)19-9-8-18(3)10-12(11-19)14(21)16-2/h5,7,12H,4,6,8-11H2,1-3H3,(H,16,21)/t12-/m0/s1. The van der Waals surface area contributed by atoms with E-state index in [2.05, 4.69) is 22.2 Å². The van der Waals surface area contributed by atoms with Crippen LogP contribution in [0.4, 0.5) is 0 Å². The molecule has 1 aliphatic rings. The minimum atomic E-state index is -0.209. The lowest BCUT2D eigenvalue weighted by Gasteiger charge is -2.22. The van der Waals surface area contributed by atoms with Gasteiger partial charge in [0.15, 0.2) is 0 Å². The van der Waals surface area contributed by atoms with Crippen LogP contribution >= 0.6 is 0 Å². The third kappa shape index (κ3) is 3.85. The van der Waals surface area contributed by atoms with E-state index in [0.29, 0.717) is 25.3 Å². The highest BCUT2D eigenvalue weighted by molar-refractivity contribution is 5.92. The molecule has 1 fully saturated rings. The second kappa shape index (κ2) is 7.40. The first-order valence-corrected chi connectivity index (χ1v) is 7.78. The van der Waals surface area contributed by atoms with Crippen LogP contribution in [-0.4, -0.2) is 71.7 Å². The molecule has 1 aromatic heterocycles. The summed E-state index contributed by atoms with van der Waals surface area (Å²) >= 11 is 0. The van der Waals surface area contributed by atoms with Crippen LogP contribution < -0.4 is 5.32 Å². The lowest BCUT2D eigenvalue weighted by atomic mass is 10.1. The molecule has 1 saturated heterocycles. The Balaban J connectivity index is 2.10. The van der Waals surface area contributed by atoms with E-state index in [9.17, 15) is 9.59 Å². The average molecular weight is 307 g/mol. The van der Waals surface area contributed by atoms with Crippen LogP contribution in [-0.2, 0) is 11.3 Å². The predicted molar refractivity (Wildman–Crippen MR) is 83.5 cm³/mol. The summed E-state index contributed by atoms with van der Waals surface area (Å²) in [5.41, 5.74) is 0.452. The minimum absolute atomic E-state index is 0.0249. The number of nitrogens with zero attached hydrogens (tertiary/aromatic N) is 4. The van der Waals surface area contributed by atoms with E-state index in [1.165, 1.54) is 0 Å². The molecule has 22 heavy (non-hydrogen) atoms. The van der Waals surface area contributed by atoms with Crippen LogP contribution in [0.3, 0.4) is 0 Å². The zero-order chi connectivity index (χ0) is 16.1. The third-order valence-corrected chi connectivity index (χ3v) is 3.94. The molecule has 1 aliphatic heterocycles. The van der Waals surface area contributed by atoms with Crippen molar-refractivity contribution in [3.8, 4) is 0 Å². The van der Waals surface area contributed by atoms with E-state index in [-0.39, 0.29) is 17.7 Å². The zero-order valence-corrected chi connectivity index (χ0v) is 13.6. The van der Waals surface area contributed by atoms with Crippen LogP contribution in [0.2, 0.25) is 0 Å². The molecule has 0 spiro atoms. The molecule has 0 bridgehead atoms. The predicted octanol–water partition coefficient (Wildman–Crippen LogP) is 0.0429. The second-order valence-corrected chi connectivity index (χ2v) is 5.79. The van der Waals surface area contributed by atoms with E-state index >= 15 is 0 Å². The number of likely N-dealkylation sites (N-methyl/N-ethyl adjacent to an activating group) is 1. The van der Waals surface area contributed by atoms with Gasteiger partial charge in [0.1, 0.15) is 5.69 Å². The van der Waals surface area contributed by atoms with Crippen molar-refractivity contribution in [3.05, 3.63) is 18.0 Å². The summed E-state index contributed by atoms with van der Waals surface area (Å²) in [5, 5.41) is 7.01. The van der Waals surface area contributed by atoms with Crippen molar-refractivity contribution in [2.45, 2.75) is 19.9 Å². The lowest BCUT2D eigenvalue weighted by molar-refractivity contribution is -0.125. The largest absolute Gasteiger partial charge is 0.359 e. The van der Waals surface area contributed by atoms with Gasteiger partial charge in [0.05, 0.1) is 5.92 Å². The summed E-state index contributed by atoms with van der Waals surface area (Å²) in [7, 11) is 3.60. The number of rotatable bonds is 4.